The molecule has 0 spiro atoms. The van der Waals surface area contributed by atoms with E-state index >= 15 is 0 Å². The summed E-state index contributed by atoms with van der Waals surface area (Å²) in [6, 6.07) is 9.61. The molecule has 0 saturated carbocycles. The van der Waals surface area contributed by atoms with Crippen LogP contribution in [-0.2, 0) is 22.6 Å². The maximum Gasteiger partial charge on any atom is 0.312 e. The fourth-order valence-corrected chi connectivity index (χ4v) is 3.36. The minimum absolute atomic E-state index is 0. The van der Waals surface area contributed by atoms with E-state index < -0.39 is 5.56 Å². The zero-order valence-electron chi connectivity index (χ0n) is 16.9. The molecule has 9 nitrogen and oxygen atoms in total. The molecule has 10 heteroatoms. The number of nitrogens with two attached hydrogens (primary N) is 1. The first-order valence-corrected chi connectivity index (χ1v) is 9.38. The smallest absolute Gasteiger partial charge is 0.312 e. The van der Waals surface area contributed by atoms with Gasteiger partial charge in [-0.1, -0.05) is 35.3 Å². The number of Topliss-reactive ketones (excluding diaryl/α,β-unsaturated/α-hetero) is 1. The summed E-state index contributed by atoms with van der Waals surface area (Å²) in [6.45, 7) is 3.89. The number of H-pyrrole nitrogens is 1. The van der Waals surface area contributed by atoms with Crippen molar-refractivity contribution < 1.29 is 35.9 Å². The second-order valence-electron chi connectivity index (χ2n) is 6.77. The molecular weight excluding hydrogens is 454 g/mol. The highest BCUT2D eigenvalue weighted by Gasteiger charge is 2.30. The standard InChI is InChI=1S/C20H23N5O4.BrH/c1-13(26)19-24(10-6-7-11-29-14(2)27)16-17(22-20(21)23-18(16)28)25(19)12-15-8-4-3-5-9-15;/h3-5,8-9H,6-7,10-12H2,1-2H3,(H2-,21,22,23,26,28);1H. The molecule has 0 aliphatic rings. The van der Waals surface area contributed by atoms with E-state index in [1.165, 1.54) is 13.8 Å². The maximum atomic E-state index is 12.6. The summed E-state index contributed by atoms with van der Waals surface area (Å²) in [5.41, 5.74) is 6.99. The molecule has 0 aliphatic heterocycles. The zero-order valence-corrected chi connectivity index (χ0v) is 18.4. The number of carbonyl (C=O) groups excluding carboxylic acids is 2. The van der Waals surface area contributed by atoms with E-state index in [4.69, 9.17) is 10.5 Å². The largest absolute Gasteiger partial charge is 1.00 e. The molecule has 0 atom stereocenters. The van der Waals surface area contributed by atoms with Gasteiger partial charge in [0.05, 0.1) is 19.7 Å². The minimum atomic E-state index is -0.401. The third kappa shape index (κ3) is 5.12. The number of imidazole rings is 1. The zero-order chi connectivity index (χ0) is 21.0. The van der Waals surface area contributed by atoms with Crippen LogP contribution < -0.4 is 32.8 Å². The molecule has 0 bridgehead atoms. The average molecular weight is 478 g/mol. The number of hydrogen-bond donors (Lipinski definition) is 2. The molecule has 0 saturated heterocycles. The SMILES string of the molecule is CC(=O)OCCCCn1c(C(C)=O)[n+](Cc2ccccc2)c2nc(N)[nH]c(=O)c21.[Br-]. The van der Waals surface area contributed by atoms with Gasteiger partial charge in [0.2, 0.25) is 11.3 Å². The quantitative estimate of drug-likeness (QED) is 0.170. The molecule has 0 aliphatic carbocycles. The van der Waals surface area contributed by atoms with Crippen molar-refractivity contribution in [1.29, 1.82) is 0 Å². The number of nitrogen functional groups attached to an aromatic ring is 1. The van der Waals surface area contributed by atoms with Gasteiger partial charge in [0.15, 0.2) is 0 Å². The number of esters is 1. The van der Waals surface area contributed by atoms with Gasteiger partial charge in [0.25, 0.3) is 17.3 Å². The lowest BCUT2D eigenvalue weighted by Gasteiger charge is -2.06. The van der Waals surface area contributed by atoms with Crippen LogP contribution >= 0.6 is 0 Å². The lowest BCUT2D eigenvalue weighted by molar-refractivity contribution is -0.667. The third-order valence-electron chi connectivity index (χ3n) is 4.51. The Morgan fingerprint density at radius 3 is 2.53 bits per heavy atom. The molecule has 2 aromatic heterocycles. The second-order valence-corrected chi connectivity index (χ2v) is 6.77. The minimum Gasteiger partial charge on any atom is -1.00 e. The number of nitrogens with one attached hydrogen (secondary N) is 1. The highest BCUT2D eigenvalue weighted by atomic mass is 79.9. The summed E-state index contributed by atoms with van der Waals surface area (Å²) < 4.78 is 8.36. The van der Waals surface area contributed by atoms with Gasteiger partial charge in [-0.15, -0.1) is 0 Å². The lowest BCUT2D eigenvalue weighted by atomic mass is 10.2. The number of halogens is 1. The fraction of sp³-hybridized carbons (Fsp3) is 0.350. The maximum absolute atomic E-state index is 12.6. The number of ether oxygens (including phenoxy) is 1. The normalized spacial score (nSPS) is 10.6. The van der Waals surface area contributed by atoms with Crippen molar-refractivity contribution in [3.8, 4) is 0 Å². The van der Waals surface area contributed by atoms with Crippen molar-refractivity contribution in [2.75, 3.05) is 12.3 Å². The summed E-state index contributed by atoms with van der Waals surface area (Å²) in [7, 11) is 0. The average Bonchev–Trinajstić information content (AvgIpc) is 2.96. The van der Waals surface area contributed by atoms with Crippen LogP contribution in [0.15, 0.2) is 35.1 Å². The predicted molar refractivity (Wildman–Crippen MR) is 106 cm³/mol. The number of fused-ring (bicyclic) bond motifs is 1. The van der Waals surface area contributed by atoms with E-state index in [-0.39, 0.29) is 41.3 Å². The molecule has 2 heterocycles. The first-order chi connectivity index (χ1) is 13.9. The predicted octanol–water partition coefficient (Wildman–Crippen LogP) is -1.81. The van der Waals surface area contributed by atoms with Gasteiger partial charge in [-0.3, -0.25) is 19.4 Å². The van der Waals surface area contributed by atoms with Crippen LogP contribution in [0.5, 0.6) is 0 Å². The summed E-state index contributed by atoms with van der Waals surface area (Å²) in [5, 5.41) is 0. The second kappa shape index (κ2) is 10.1. The van der Waals surface area contributed by atoms with Gasteiger partial charge >= 0.3 is 11.6 Å². The molecule has 0 radical (unpaired) electrons. The van der Waals surface area contributed by atoms with E-state index in [2.05, 4.69) is 9.97 Å². The van der Waals surface area contributed by atoms with Crippen LogP contribution in [0.1, 0.15) is 42.9 Å². The highest BCUT2D eigenvalue weighted by Crippen LogP contribution is 2.14. The van der Waals surface area contributed by atoms with Gasteiger partial charge in [-0.05, 0) is 18.4 Å². The van der Waals surface area contributed by atoms with Crippen molar-refractivity contribution in [2.45, 2.75) is 39.8 Å². The van der Waals surface area contributed by atoms with Crippen LogP contribution in [0, 0.1) is 0 Å². The summed E-state index contributed by atoms with van der Waals surface area (Å²) >= 11 is 0. The Labute approximate surface area is 183 Å². The molecule has 0 fully saturated rings. The first kappa shape index (κ1) is 23.3. The van der Waals surface area contributed by atoms with Crippen molar-refractivity contribution in [1.82, 2.24) is 14.5 Å². The number of rotatable bonds is 8. The van der Waals surface area contributed by atoms with Gasteiger partial charge in [-0.2, -0.15) is 0 Å². The van der Waals surface area contributed by atoms with Crippen molar-refractivity contribution in [3.63, 3.8) is 0 Å². The van der Waals surface area contributed by atoms with Crippen molar-refractivity contribution >= 4 is 28.9 Å². The first-order valence-electron chi connectivity index (χ1n) is 9.38. The lowest BCUT2D eigenvalue weighted by Crippen LogP contribution is -3.00. The number of aromatic amines is 1. The van der Waals surface area contributed by atoms with E-state index in [9.17, 15) is 14.4 Å². The number of ketones is 1. The van der Waals surface area contributed by atoms with Gasteiger partial charge in [0, 0.05) is 13.8 Å². The van der Waals surface area contributed by atoms with Gasteiger partial charge in [-0.25, -0.2) is 9.13 Å². The topological polar surface area (TPSA) is 124 Å². The van der Waals surface area contributed by atoms with E-state index in [0.717, 1.165) is 5.56 Å². The molecular formula is C20H24BrN5O4. The van der Waals surface area contributed by atoms with E-state index in [1.807, 2.05) is 30.3 Å². The molecule has 160 valence electrons. The molecule has 30 heavy (non-hydrogen) atoms. The van der Waals surface area contributed by atoms with Crippen molar-refractivity contribution in [3.05, 3.63) is 52.1 Å². The van der Waals surface area contributed by atoms with Crippen LogP contribution in [0.2, 0.25) is 0 Å². The van der Waals surface area contributed by atoms with Crippen LogP contribution in [0.4, 0.5) is 5.95 Å². The number of aromatic nitrogens is 4. The van der Waals surface area contributed by atoms with Crippen molar-refractivity contribution in [2.24, 2.45) is 0 Å². The Bertz CT molecular complexity index is 1110. The number of unbranched alkanes of at least 4 members (excludes halogenated alkanes) is 1. The Morgan fingerprint density at radius 2 is 1.90 bits per heavy atom. The van der Waals surface area contributed by atoms with E-state index in [1.54, 1.807) is 9.13 Å². The fourth-order valence-electron chi connectivity index (χ4n) is 3.36. The summed E-state index contributed by atoms with van der Waals surface area (Å²) in [4.78, 5) is 42.9. The molecule has 3 rings (SSSR count). The van der Waals surface area contributed by atoms with Gasteiger partial charge < -0.3 is 27.5 Å². The Balaban J connectivity index is 0.00000320. The number of benzene rings is 1. The summed E-state index contributed by atoms with van der Waals surface area (Å²) in [6.07, 6.45) is 1.22. The monoisotopic (exact) mass is 477 g/mol. The number of nitrogens with zero attached hydrogens (tertiary/aromatic N) is 3. The number of aryl methyl sites for hydroxylation is 1. The van der Waals surface area contributed by atoms with Crippen LogP contribution in [-0.4, -0.2) is 32.9 Å². The van der Waals surface area contributed by atoms with Crippen LogP contribution in [0.3, 0.4) is 0 Å². The van der Waals surface area contributed by atoms with E-state index in [0.29, 0.717) is 42.9 Å². The highest BCUT2D eigenvalue weighted by molar-refractivity contribution is 5.91. The third-order valence-corrected chi connectivity index (χ3v) is 4.51. The van der Waals surface area contributed by atoms with Crippen LogP contribution in [0.25, 0.3) is 11.2 Å². The number of carbonyl (C=O) groups is 2. The Kier molecular flexibility index (Phi) is 7.87. The summed E-state index contributed by atoms with van der Waals surface area (Å²) in [5.74, 6) is -0.152. The molecule has 1 aromatic carbocycles. The molecule has 3 aromatic rings. The molecule has 0 amide bonds. The number of anilines is 1. The Hall–Kier alpha value is -3.01. The van der Waals surface area contributed by atoms with Gasteiger partial charge in [0.1, 0.15) is 0 Å². The Morgan fingerprint density at radius 1 is 1.20 bits per heavy atom. The molecule has 3 N–H and O–H groups in total. The molecule has 0 unspecified atom stereocenters. The number of hydrogen-bond acceptors (Lipinski definition) is 6.